The summed E-state index contributed by atoms with van der Waals surface area (Å²) in [4.78, 5) is 12.9. The van der Waals surface area contributed by atoms with Crippen LogP contribution in [0.4, 0.5) is 0 Å². The van der Waals surface area contributed by atoms with Gasteiger partial charge in [-0.05, 0) is 32.1 Å². The van der Waals surface area contributed by atoms with Gasteiger partial charge in [0.2, 0.25) is 0 Å². The molecule has 0 aliphatic heterocycles. The van der Waals surface area contributed by atoms with Crippen LogP contribution < -0.4 is 0 Å². The van der Waals surface area contributed by atoms with Crippen molar-refractivity contribution in [2.24, 2.45) is 16.7 Å². The molecule has 0 fully saturated rings. The lowest BCUT2D eigenvalue weighted by molar-refractivity contribution is -0.137. The van der Waals surface area contributed by atoms with Gasteiger partial charge in [0, 0.05) is 10.8 Å². The molecule has 18 heavy (non-hydrogen) atoms. The van der Waals surface area contributed by atoms with Gasteiger partial charge in [-0.1, -0.05) is 59.1 Å². The summed E-state index contributed by atoms with van der Waals surface area (Å²) in [6.45, 7) is 13.2. The highest BCUT2D eigenvalue weighted by molar-refractivity contribution is 5.93. The Morgan fingerprint density at radius 1 is 1.17 bits per heavy atom. The average molecular weight is 250 g/mol. The second-order valence-electron chi connectivity index (χ2n) is 6.86. The first kappa shape index (κ1) is 15.5. The predicted octanol–water partition coefficient (Wildman–Crippen LogP) is 5.15. The van der Waals surface area contributed by atoms with Crippen LogP contribution in [0.3, 0.4) is 0 Å². The van der Waals surface area contributed by atoms with Gasteiger partial charge in [-0.25, -0.2) is 0 Å². The molecule has 0 aromatic rings. The van der Waals surface area contributed by atoms with Gasteiger partial charge < -0.3 is 0 Å². The van der Waals surface area contributed by atoms with Gasteiger partial charge in [0.05, 0.1) is 0 Å². The van der Waals surface area contributed by atoms with E-state index >= 15 is 0 Å². The lowest BCUT2D eigenvalue weighted by Gasteiger charge is -2.43. The smallest absolute Gasteiger partial charge is 0.148 e. The molecule has 1 aliphatic rings. The van der Waals surface area contributed by atoms with E-state index in [4.69, 9.17) is 0 Å². The summed E-state index contributed by atoms with van der Waals surface area (Å²) in [5.41, 5.74) is 1.13. The van der Waals surface area contributed by atoms with Gasteiger partial charge in [0.25, 0.3) is 0 Å². The fourth-order valence-corrected chi connectivity index (χ4v) is 3.58. The summed E-state index contributed by atoms with van der Waals surface area (Å²) in [5.74, 6) is 1.04. The van der Waals surface area contributed by atoms with Gasteiger partial charge >= 0.3 is 0 Å². The Bertz CT molecular complexity index is 340. The molecule has 0 N–H and O–H groups in total. The Morgan fingerprint density at radius 3 is 2.17 bits per heavy atom. The first-order chi connectivity index (χ1) is 8.29. The van der Waals surface area contributed by atoms with E-state index in [-0.39, 0.29) is 10.8 Å². The Balaban J connectivity index is 3.18. The quantitative estimate of drug-likeness (QED) is 0.616. The number of Topliss-reactive ketones (excluding diaryl/α,β-unsaturated/α-hetero) is 1. The average Bonchev–Trinajstić information content (AvgIpc) is 2.26. The van der Waals surface area contributed by atoms with E-state index in [1.165, 1.54) is 5.57 Å². The number of allylic oxidation sites excluding steroid dienone is 2. The highest BCUT2D eigenvalue weighted by Crippen LogP contribution is 2.48. The van der Waals surface area contributed by atoms with Crippen molar-refractivity contribution in [1.29, 1.82) is 0 Å². The van der Waals surface area contributed by atoms with Crippen molar-refractivity contribution in [1.82, 2.24) is 0 Å². The molecule has 1 rings (SSSR count). The molecule has 104 valence electrons. The molecule has 0 aromatic heterocycles. The Labute approximate surface area is 113 Å². The van der Waals surface area contributed by atoms with Gasteiger partial charge in [-0.3, -0.25) is 4.79 Å². The Kier molecular flexibility index (Phi) is 4.80. The zero-order valence-corrected chi connectivity index (χ0v) is 13.1. The summed E-state index contributed by atoms with van der Waals surface area (Å²) in [5, 5.41) is 0. The van der Waals surface area contributed by atoms with Crippen molar-refractivity contribution in [2.75, 3.05) is 0 Å². The maximum atomic E-state index is 12.9. The standard InChI is InChI=1S/C17H30O/c1-7-9-16(5)11-14(13(3)4)12-17(6,10-8-2)15(16)18/h11,13H,7-10,12H2,1-6H3. The molecule has 0 bridgehead atoms. The largest absolute Gasteiger partial charge is 0.298 e. The lowest BCUT2D eigenvalue weighted by atomic mass is 9.59. The fourth-order valence-electron chi connectivity index (χ4n) is 3.58. The van der Waals surface area contributed by atoms with E-state index in [1.807, 2.05) is 0 Å². The molecule has 2 unspecified atom stereocenters. The fraction of sp³-hybridized carbons (Fsp3) is 0.824. The van der Waals surface area contributed by atoms with Crippen LogP contribution >= 0.6 is 0 Å². The van der Waals surface area contributed by atoms with Crippen LogP contribution in [0.25, 0.3) is 0 Å². The van der Waals surface area contributed by atoms with Crippen LogP contribution in [0, 0.1) is 16.7 Å². The van der Waals surface area contributed by atoms with E-state index < -0.39 is 0 Å². The molecule has 0 amide bonds. The summed E-state index contributed by atoms with van der Waals surface area (Å²) in [7, 11) is 0. The summed E-state index contributed by atoms with van der Waals surface area (Å²) in [6.07, 6.45) is 7.44. The molecule has 0 radical (unpaired) electrons. The molecule has 2 atom stereocenters. The molecule has 0 saturated heterocycles. The molecular formula is C17H30O. The van der Waals surface area contributed by atoms with E-state index in [0.717, 1.165) is 32.1 Å². The molecule has 1 aliphatic carbocycles. The summed E-state index contributed by atoms with van der Waals surface area (Å²) in [6, 6.07) is 0. The van der Waals surface area contributed by atoms with Crippen LogP contribution in [0.5, 0.6) is 0 Å². The number of hydrogen-bond acceptors (Lipinski definition) is 1. The van der Waals surface area contributed by atoms with E-state index in [0.29, 0.717) is 11.7 Å². The van der Waals surface area contributed by atoms with Crippen molar-refractivity contribution >= 4 is 5.78 Å². The lowest BCUT2D eigenvalue weighted by Crippen LogP contribution is -2.43. The monoisotopic (exact) mass is 250 g/mol. The minimum absolute atomic E-state index is 0.132. The van der Waals surface area contributed by atoms with Gasteiger partial charge in [-0.2, -0.15) is 0 Å². The molecule has 1 nitrogen and oxygen atoms in total. The van der Waals surface area contributed by atoms with Crippen molar-refractivity contribution in [3.63, 3.8) is 0 Å². The van der Waals surface area contributed by atoms with Crippen molar-refractivity contribution in [3.8, 4) is 0 Å². The SMILES string of the molecule is CCCC1(C)C=C(C(C)C)CC(C)(CCC)C1=O. The number of rotatable bonds is 5. The number of hydrogen-bond donors (Lipinski definition) is 0. The van der Waals surface area contributed by atoms with Crippen LogP contribution in [-0.4, -0.2) is 5.78 Å². The zero-order valence-electron chi connectivity index (χ0n) is 13.1. The normalized spacial score (nSPS) is 32.8. The summed E-state index contributed by atoms with van der Waals surface area (Å²) < 4.78 is 0. The van der Waals surface area contributed by atoms with Crippen molar-refractivity contribution in [3.05, 3.63) is 11.6 Å². The first-order valence-corrected chi connectivity index (χ1v) is 7.55. The van der Waals surface area contributed by atoms with Crippen LogP contribution in [0.1, 0.15) is 73.6 Å². The molecule has 1 heteroatoms. The summed E-state index contributed by atoms with van der Waals surface area (Å²) >= 11 is 0. The molecular weight excluding hydrogens is 220 g/mol. The second-order valence-corrected chi connectivity index (χ2v) is 6.86. The molecule has 0 aromatic carbocycles. The maximum absolute atomic E-state index is 12.9. The second kappa shape index (κ2) is 5.59. The minimum Gasteiger partial charge on any atom is -0.298 e. The Hall–Kier alpha value is -0.590. The van der Waals surface area contributed by atoms with Crippen LogP contribution in [0.2, 0.25) is 0 Å². The third kappa shape index (κ3) is 2.87. The molecule has 0 heterocycles. The first-order valence-electron chi connectivity index (χ1n) is 7.55. The molecule has 0 saturated carbocycles. The third-order valence-electron chi connectivity index (χ3n) is 4.48. The van der Waals surface area contributed by atoms with Crippen LogP contribution in [0.15, 0.2) is 11.6 Å². The van der Waals surface area contributed by atoms with Gasteiger partial charge in [-0.15, -0.1) is 0 Å². The number of carbonyl (C=O) groups is 1. The number of ketones is 1. The van der Waals surface area contributed by atoms with Gasteiger partial charge in [0.1, 0.15) is 5.78 Å². The van der Waals surface area contributed by atoms with E-state index in [9.17, 15) is 4.79 Å². The van der Waals surface area contributed by atoms with Gasteiger partial charge in [0.15, 0.2) is 0 Å². The van der Waals surface area contributed by atoms with E-state index in [2.05, 4.69) is 47.6 Å². The Morgan fingerprint density at radius 2 is 1.72 bits per heavy atom. The highest BCUT2D eigenvalue weighted by atomic mass is 16.1. The zero-order chi connectivity index (χ0) is 14.0. The van der Waals surface area contributed by atoms with Crippen LogP contribution in [-0.2, 0) is 4.79 Å². The van der Waals surface area contributed by atoms with Crippen molar-refractivity contribution in [2.45, 2.75) is 73.6 Å². The maximum Gasteiger partial charge on any atom is 0.148 e. The van der Waals surface area contributed by atoms with E-state index in [1.54, 1.807) is 0 Å². The third-order valence-corrected chi connectivity index (χ3v) is 4.48. The minimum atomic E-state index is -0.226. The predicted molar refractivity (Wildman–Crippen MR) is 78.6 cm³/mol. The van der Waals surface area contributed by atoms with Crippen molar-refractivity contribution < 1.29 is 4.79 Å². The topological polar surface area (TPSA) is 17.1 Å². The molecule has 0 spiro atoms. The highest BCUT2D eigenvalue weighted by Gasteiger charge is 2.46. The number of carbonyl (C=O) groups excluding carboxylic acids is 1.